The fourth-order valence-electron chi connectivity index (χ4n) is 4.63. The van der Waals surface area contributed by atoms with Crippen LogP contribution in [-0.4, -0.2) is 89.4 Å². The van der Waals surface area contributed by atoms with Crippen molar-refractivity contribution in [2.24, 2.45) is 10.9 Å². The van der Waals surface area contributed by atoms with E-state index in [4.69, 9.17) is 9.47 Å². The first kappa shape index (κ1) is 27.1. The lowest BCUT2D eigenvalue weighted by Crippen LogP contribution is -2.45. The first-order valence-corrected chi connectivity index (χ1v) is 11.8. The molecule has 2 N–H and O–H groups in total. The Kier molecular flexibility index (Phi) is 12.7. The number of piperidine rings is 1. The third-order valence-electron chi connectivity index (χ3n) is 6.65. The highest BCUT2D eigenvalue weighted by atomic mass is 127. The average molecular weight is 560 g/mol. The van der Waals surface area contributed by atoms with Crippen molar-refractivity contribution in [3.05, 3.63) is 29.8 Å². The van der Waals surface area contributed by atoms with E-state index in [-0.39, 0.29) is 24.0 Å². The molecule has 7 nitrogen and oxygen atoms in total. The largest absolute Gasteiger partial charge is 0.497 e. The zero-order valence-corrected chi connectivity index (χ0v) is 22.3. The van der Waals surface area contributed by atoms with E-state index in [9.17, 15) is 0 Å². The fraction of sp³-hybridized carbons (Fsp3) is 0.708. The van der Waals surface area contributed by atoms with Gasteiger partial charge in [-0.05, 0) is 75.5 Å². The molecule has 0 amide bonds. The third-order valence-corrected chi connectivity index (χ3v) is 6.65. The topological polar surface area (TPSA) is 61.4 Å². The van der Waals surface area contributed by atoms with Crippen LogP contribution in [0.5, 0.6) is 5.75 Å². The number of ether oxygens (including phenoxy) is 2. The molecule has 2 aliphatic heterocycles. The molecule has 182 valence electrons. The van der Waals surface area contributed by atoms with Gasteiger partial charge in [-0.15, -0.1) is 24.0 Å². The maximum Gasteiger partial charge on any atom is 0.191 e. The van der Waals surface area contributed by atoms with E-state index in [1.54, 1.807) is 14.2 Å². The minimum Gasteiger partial charge on any atom is -0.497 e. The minimum absolute atomic E-state index is 0. The Morgan fingerprint density at radius 3 is 2.34 bits per heavy atom. The molecular weight excluding hydrogens is 517 g/mol. The Balaban J connectivity index is 0.00000363. The summed E-state index contributed by atoms with van der Waals surface area (Å²) < 4.78 is 10.5. The number of halogens is 1. The quantitative estimate of drug-likeness (QED) is 0.261. The monoisotopic (exact) mass is 559 g/mol. The van der Waals surface area contributed by atoms with Crippen molar-refractivity contribution >= 4 is 29.9 Å². The molecular formula is C24H42IN5O2. The molecule has 1 aromatic carbocycles. The first-order valence-electron chi connectivity index (χ1n) is 11.8. The molecule has 0 aliphatic carbocycles. The van der Waals surface area contributed by atoms with Crippen LogP contribution < -0.4 is 15.4 Å². The lowest BCUT2D eigenvalue weighted by Gasteiger charge is -2.32. The number of methoxy groups -OCH3 is 2. The van der Waals surface area contributed by atoms with E-state index in [0.29, 0.717) is 12.0 Å². The number of hydrogen-bond donors (Lipinski definition) is 2. The van der Waals surface area contributed by atoms with E-state index in [2.05, 4.69) is 49.7 Å². The highest BCUT2D eigenvalue weighted by Crippen LogP contribution is 2.26. The lowest BCUT2D eigenvalue weighted by molar-refractivity contribution is 0.121. The summed E-state index contributed by atoms with van der Waals surface area (Å²) in [4.78, 5) is 9.56. The Morgan fingerprint density at radius 2 is 1.75 bits per heavy atom. The molecule has 0 saturated carbocycles. The van der Waals surface area contributed by atoms with Gasteiger partial charge in [0.05, 0.1) is 19.8 Å². The van der Waals surface area contributed by atoms with Gasteiger partial charge in [-0.3, -0.25) is 9.89 Å². The van der Waals surface area contributed by atoms with Crippen molar-refractivity contribution in [1.29, 1.82) is 0 Å². The molecule has 0 spiro atoms. The summed E-state index contributed by atoms with van der Waals surface area (Å²) in [5, 5.41) is 7.16. The summed E-state index contributed by atoms with van der Waals surface area (Å²) in [7, 11) is 5.35. The normalized spacial score (nSPS) is 19.4. The molecule has 2 saturated heterocycles. The van der Waals surface area contributed by atoms with Crippen LogP contribution in [0.2, 0.25) is 0 Å². The summed E-state index contributed by atoms with van der Waals surface area (Å²) in [6, 6.07) is 8.85. The van der Waals surface area contributed by atoms with Crippen molar-refractivity contribution in [3.63, 3.8) is 0 Å². The van der Waals surface area contributed by atoms with Gasteiger partial charge in [-0.1, -0.05) is 12.1 Å². The van der Waals surface area contributed by atoms with Gasteiger partial charge in [0.25, 0.3) is 0 Å². The number of guanidine groups is 1. The van der Waals surface area contributed by atoms with Crippen molar-refractivity contribution in [1.82, 2.24) is 20.4 Å². The zero-order valence-electron chi connectivity index (χ0n) is 20.0. The molecule has 8 heteroatoms. The molecule has 2 aliphatic rings. The van der Waals surface area contributed by atoms with Crippen molar-refractivity contribution in [2.45, 2.75) is 31.7 Å². The van der Waals surface area contributed by atoms with Crippen molar-refractivity contribution in [2.75, 3.05) is 73.7 Å². The number of hydrogen-bond acceptors (Lipinski definition) is 5. The maximum absolute atomic E-state index is 5.34. The van der Waals surface area contributed by atoms with Gasteiger partial charge in [0.15, 0.2) is 5.96 Å². The Hall–Kier alpha value is -1.10. The highest BCUT2D eigenvalue weighted by molar-refractivity contribution is 14.0. The number of nitrogens with one attached hydrogen (secondary N) is 2. The number of rotatable bonds is 10. The summed E-state index contributed by atoms with van der Waals surface area (Å²) in [6.45, 7) is 8.34. The maximum atomic E-state index is 5.34. The van der Waals surface area contributed by atoms with E-state index >= 15 is 0 Å². The molecule has 1 atom stereocenters. The second kappa shape index (κ2) is 14.9. The van der Waals surface area contributed by atoms with Crippen LogP contribution in [0.25, 0.3) is 0 Å². The van der Waals surface area contributed by atoms with Gasteiger partial charge in [-0.25, -0.2) is 0 Å². The van der Waals surface area contributed by atoms with Gasteiger partial charge in [0, 0.05) is 33.8 Å². The summed E-state index contributed by atoms with van der Waals surface area (Å²) in [6.07, 6.45) is 5.03. The Labute approximate surface area is 211 Å². The van der Waals surface area contributed by atoms with Crippen LogP contribution in [0.15, 0.2) is 29.3 Å². The van der Waals surface area contributed by atoms with Crippen molar-refractivity contribution in [3.8, 4) is 5.75 Å². The first-order chi connectivity index (χ1) is 15.2. The zero-order chi connectivity index (χ0) is 21.9. The molecule has 1 unspecified atom stereocenters. The number of likely N-dealkylation sites (tertiary alicyclic amines) is 2. The number of nitrogens with zero attached hydrogens (tertiary/aromatic N) is 3. The highest BCUT2D eigenvalue weighted by Gasteiger charge is 2.24. The number of aliphatic imine (C=N–C) groups is 1. The fourth-order valence-corrected chi connectivity index (χ4v) is 4.63. The van der Waals surface area contributed by atoms with Crippen molar-refractivity contribution < 1.29 is 9.47 Å². The Morgan fingerprint density at radius 1 is 1.06 bits per heavy atom. The van der Waals surface area contributed by atoms with Crippen LogP contribution in [0.3, 0.4) is 0 Å². The smallest absolute Gasteiger partial charge is 0.191 e. The summed E-state index contributed by atoms with van der Waals surface area (Å²) in [5.41, 5.74) is 1.33. The minimum atomic E-state index is 0. The predicted molar refractivity (Wildman–Crippen MR) is 142 cm³/mol. The second-order valence-corrected chi connectivity index (χ2v) is 8.64. The van der Waals surface area contributed by atoms with E-state index in [0.717, 1.165) is 64.1 Å². The average Bonchev–Trinajstić information content (AvgIpc) is 3.35. The molecule has 0 radical (unpaired) electrons. The van der Waals surface area contributed by atoms with E-state index in [1.165, 1.54) is 31.2 Å². The molecule has 2 heterocycles. The predicted octanol–water partition coefficient (Wildman–Crippen LogP) is 2.97. The standard InChI is InChI=1S/C24H41N5O2.HI/c1-25-24(26-18-20-10-14-28(15-11-20)16-17-30-2)27-19-23(29-12-4-5-13-29)21-6-8-22(31-3)9-7-21;/h6-9,20,23H,4-5,10-19H2,1-3H3,(H2,25,26,27);1H. The van der Waals surface area contributed by atoms with Crippen LogP contribution in [0, 0.1) is 5.92 Å². The molecule has 2 fully saturated rings. The van der Waals surface area contributed by atoms with Gasteiger partial charge in [0.1, 0.15) is 5.75 Å². The third kappa shape index (κ3) is 8.35. The van der Waals surface area contributed by atoms with Gasteiger partial charge in [0.2, 0.25) is 0 Å². The van der Waals surface area contributed by atoms with Crippen LogP contribution >= 0.6 is 24.0 Å². The molecule has 3 rings (SSSR count). The SMILES string of the molecule is CN=C(NCC1CCN(CCOC)CC1)NCC(c1ccc(OC)cc1)N1CCCC1.I. The van der Waals surface area contributed by atoms with Crippen LogP contribution in [0.1, 0.15) is 37.3 Å². The summed E-state index contributed by atoms with van der Waals surface area (Å²) in [5.74, 6) is 2.51. The van der Waals surface area contributed by atoms with E-state index in [1.807, 2.05) is 7.05 Å². The van der Waals surface area contributed by atoms with Gasteiger partial charge < -0.3 is 25.0 Å². The second-order valence-electron chi connectivity index (χ2n) is 8.64. The summed E-state index contributed by atoms with van der Waals surface area (Å²) >= 11 is 0. The van der Waals surface area contributed by atoms with Gasteiger partial charge >= 0.3 is 0 Å². The molecule has 1 aromatic rings. The molecule has 0 bridgehead atoms. The van der Waals surface area contributed by atoms with Crippen LogP contribution in [0.4, 0.5) is 0 Å². The van der Waals surface area contributed by atoms with Gasteiger partial charge in [-0.2, -0.15) is 0 Å². The van der Waals surface area contributed by atoms with E-state index < -0.39 is 0 Å². The lowest BCUT2D eigenvalue weighted by atomic mass is 9.97. The number of benzene rings is 1. The molecule has 0 aromatic heterocycles. The Bertz CT molecular complexity index is 659. The van der Waals surface area contributed by atoms with Crippen LogP contribution in [-0.2, 0) is 4.74 Å². The molecule has 32 heavy (non-hydrogen) atoms.